The smallest absolute Gasteiger partial charge is 0.232 e. The van der Waals surface area contributed by atoms with Gasteiger partial charge in [0.15, 0.2) is 0 Å². The fraction of sp³-hybridized carbons (Fsp3) is 0.333. The van der Waals surface area contributed by atoms with Gasteiger partial charge in [-0.15, -0.1) is 0 Å². The molecule has 0 saturated carbocycles. The molecule has 1 aromatic heterocycles. The number of ether oxygens (including phenoxy) is 3. The van der Waals surface area contributed by atoms with Crippen LogP contribution < -0.4 is 19.5 Å². The first-order valence-electron chi connectivity index (χ1n) is 10.3. The number of hydrogen-bond donors (Lipinski definition) is 1. The van der Waals surface area contributed by atoms with E-state index in [-0.39, 0.29) is 0 Å². The molecule has 2 heterocycles. The normalized spacial score (nSPS) is 14.3. The largest absolute Gasteiger partial charge is 0.497 e. The van der Waals surface area contributed by atoms with Crippen LogP contribution in [0.1, 0.15) is 12.8 Å². The molecule has 6 nitrogen and oxygen atoms in total. The highest BCUT2D eigenvalue weighted by molar-refractivity contribution is 5.78. The predicted molar refractivity (Wildman–Crippen MR) is 117 cm³/mol. The Morgan fingerprint density at radius 2 is 1.40 bits per heavy atom. The van der Waals surface area contributed by atoms with E-state index in [4.69, 9.17) is 24.2 Å². The predicted octanol–water partition coefficient (Wildman–Crippen LogP) is 4.21. The molecule has 0 aliphatic carbocycles. The number of nitrogens with zero attached hydrogens (tertiary/aromatic N) is 2. The van der Waals surface area contributed by atoms with Gasteiger partial charge in [-0.25, -0.2) is 9.97 Å². The van der Waals surface area contributed by atoms with Gasteiger partial charge in [0.1, 0.15) is 17.2 Å². The Morgan fingerprint density at radius 3 is 1.97 bits per heavy atom. The number of nitrogens with one attached hydrogen (secondary N) is 1. The zero-order valence-corrected chi connectivity index (χ0v) is 17.4. The van der Waals surface area contributed by atoms with E-state index >= 15 is 0 Å². The van der Waals surface area contributed by atoms with Crippen molar-refractivity contribution in [2.45, 2.75) is 12.8 Å². The molecule has 4 rings (SSSR count). The Bertz CT molecular complexity index is 952. The second-order valence-corrected chi connectivity index (χ2v) is 7.37. The first-order chi connectivity index (χ1) is 14.8. The molecule has 156 valence electrons. The minimum absolute atomic E-state index is 0.552. The molecule has 0 atom stereocenters. The molecule has 1 fully saturated rings. The molecule has 1 aliphatic rings. The van der Waals surface area contributed by atoms with Crippen LogP contribution in [0.5, 0.6) is 17.4 Å². The fourth-order valence-corrected chi connectivity index (χ4v) is 3.60. The van der Waals surface area contributed by atoms with Crippen molar-refractivity contribution in [2.24, 2.45) is 5.92 Å². The average molecular weight is 405 g/mol. The van der Waals surface area contributed by atoms with Gasteiger partial charge in [0.25, 0.3) is 0 Å². The summed E-state index contributed by atoms with van der Waals surface area (Å²) >= 11 is 0. The van der Waals surface area contributed by atoms with Gasteiger partial charge in [0.2, 0.25) is 5.88 Å². The van der Waals surface area contributed by atoms with Gasteiger partial charge in [-0.05, 0) is 80.4 Å². The number of hydrogen-bond acceptors (Lipinski definition) is 6. The quantitative estimate of drug-likeness (QED) is 0.635. The van der Waals surface area contributed by atoms with Crippen LogP contribution in [-0.2, 0) is 0 Å². The topological polar surface area (TPSA) is 65.5 Å². The van der Waals surface area contributed by atoms with E-state index in [1.807, 2.05) is 48.5 Å². The van der Waals surface area contributed by atoms with E-state index in [0.717, 1.165) is 59.9 Å². The molecular weight excluding hydrogens is 378 g/mol. The van der Waals surface area contributed by atoms with Gasteiger partial charge in [0, 0.05) is 11.1 Å². The summed E-state index contributed by atoms with van der Waals surface area (Å²) in [6.45, 7) is 2.76. The van der Waals surface area contributed by atoms with E-state index in [2.05, 4.69) is 5.32 Å². The summed E-state index contributed by atoms with van der Waals surface area (Å²) in [5.41, 5.74) is 3.52. The number of rotatable bonds is 7. The zero-order chi connectivity index (χ0) is 20.8. The maximum absolute atomic E-state index is 6.03. The molecule has 6 heteroatoms. The Morgan fingerprint density at radius 1 is 0.833 bits per heavy atom. The first-order valence-corrected chi connectivity index (χ1v) is 10.3. The summed E-state index contributed by atoms with van der Waals surface area (Å²) in [7, 11) is 3.32. The van der Waals surface area contributed by atoms with Crippen LogP contribution in [-0.4, -0.2) is 43.9 Å². The SMILES string of the molecule is COc1ccc(-c2ncc(OCC3CCNCC3)nc2-c2ccc(OC)cc2)cc1. The van der Waals surface area contributed by atoms with Crippen molar-refractivity contribution in [3.63, 3.8) is 0 Å². The summed E-state index contributed by atoms with van der Waals surface area (Å²) in [6.07, 6.45) is 3.97. The molecule has 3 aromatic rings. The van der Waals surface area contributed by atoms with Gasteiger partial charge >= 0.3 is 0 Å². The van der Waals surface area contributed by atoms with E-state index < -0.39 is 0 Å². The molecule has 1 aliphatic heterocycles. The van der Waals surface area contributed by atoms with Gasteiger partial charge < -0.3 is 19.5 Å². The van der Waals surface area contributed by atoms with Crippen molar-refractivity contribution in [1.29, 1.82) is 0 Å². The van der Waals surface area contributed by atoms with Crippen LogP contribution >= 0.6 is 0 Å². The summed E-state index contributed by atoms with van der Waals surface area (Å²) in [5, 5.41) is 3.38. The van der Waals surface area contributed by atoms with Crippen LogP contribution in [0.25, 0.3) is 22.5 Å². The molecular formula is C24H27N3O3. The Hall–Kier alpha value is -3.12. The lowest BCUT2D eigenvalue weighted by Crippen LogP contribution is -2.30. The van der Waals surface area contributed by atoms with Gasteiger partial charge in [0.05, 0.1) is 32.7 Å². The average Bonchev–Trinajstić information content (AvgIpc) is 2.83. The first kappa shape index (κ1) is 20.2. The lowest BCUT2D eigenvalue weighted by atomic mass is 9.99. The summed E-state index contributed by atoms with van der Waals surface area (Å²) in [5.74, 6) is 2.71. The third-order valence-corrected chi connectivity index (χ3v) is 5.40. The molecule has 0 unspecified atom stereocenters. The van der Waals surface area contributed by atoms with Gasteiger partial charge in [-0.1, -0.05) is 0 Å². The van der Waals surface area contributed by atoms with Crippen LogP contribution in [0.4, 0.5) is 0 Å². The highest BCUT2D eigenvalue weighted by atomic mass is 16.5. The number of benzene rings is 2. The van der Waals surface area contributed by atoms with Crippen molar-refractivity contribution < 1.29 is 14.2 Å². The van der Waals surface area contributed by atoms with Crippen molar-refractivity contribution in [1.82, 2.24) is 15.3 Å². The van der Waals surface area contributed by atoms with Crippen LogP contribution in [0, 0.1) is 5.92 Å². The zero-order valence-electron chi connectivity index (χ0n) is 17.4. The minimum Gasteiger partial charge on any atom is -0.497 e. The van der Waals surface area contributed by atoms with E-state index in [9.17, 15) is 0 Å². The number of piperidine rings is 1. The maximum atomic E-state index is 6.03. The Kier molecular flexibility index (Phi) is 6.44. The highest BCUT2D eigenvalue weighted by Crippen LogP contribution is 2.32. The van der Waals surface area contributed by atoms with Crippen molar-refractivity contribution in [2.75, 3.05) is 33.9 Å². The molecule has 1 saturated heterocycles. The molecule has 1 N–H and O–H groups in total. The fourth-order valence-electron chi connectivity index (χ4n) is 3.60. The van der Waals surface area contributed by atoms with Crippen molar-refractivity contribution >= 4 is 0 Å². The molecule has 0 spiro atoms. The maximum Gasteiger partial charge on any atom is 0.232 e. The van der Waals surface area contributed by atoms with Crippen molar-refractivity contribution in [3.05, 3.63) is 54.7 Å². The second kappa shape index (κ2) is 9.59. The lowest BCUT2D eigenvalue weighted by Gasteiger charge is -2.22. The molecule has 0 radical (unpaired) electrons. The highest BCUT2D eigenvalue weighted by Gasteiger charge is 2.16. The number of aromatic nitrogens is 2. The minimum atomic E-state index is 0.552. The molecule has 30 heavy (non-hydrogen) atoms. The molecule has 2 aromatic carbocycles. The van der Waals surface area contributed by atoms with Crippen LogP contribution in [0.15, 0.2) is 54.7 Å². The standard InChI is InChI=1S/C24H27N3O3/c1-28-20-7-3-18(4-8-20)23-24(19-5-9-21(29-2)10-6-19)27-22(15-26-23)30-16-17-11-13-25-14-12-17/h3-10,15,17,25H,11-14,16H2,1-2H3. The third-order valence-electron chi connectivity index (χ3n) is 5.40. The molecule has 0 bridgehead atoms. The van der Waals surface area contributed by atoms with Gasteiger partial charge in [-0.2, -0.15) is 0 Å². The van der Waals surface area contributed by atoms with E-state index in [0.29, 0.717) is 18.4 Å². The second-order valence-electron chi connectivity index (χ2n) is 7.37. The summed E-state index contributed by atoms with van der Waals surface area (Å²) in [4.78, 5) is 9.54. The van der Waals surface area contributed by atoms with E-state index in [1.165, 1.54) is 0 Å². The molecule has 0 amide bonds. The van der Waals surface area contributed by atoms with Crippen molar-refractivity contribution in [3.8, 4) is 39.9 Å². The Labute approximate surface area is 177 Å². The summed E-state index contributed by atoms with van der Waals surface area (Å²) in [6, 6.07) is 15.7. The number of methoxy groups -OCH3 is 2. The summed E-state index contributed by atoms with van der Waals surface area (Å²) < 4.78 is 16.6. The van der Waals surface area contributed by atoms with Crippen LogP contribution in [0.2, 0.25) is 0 Å². The third kappa shape index (κ3) is 4.71. The van der Waals surface area contributed by atoms with Crippen LogP contribution in [0.3, 0.4) is 0 Å². The van der Waals surface area contributed by atoms with Gasteiger partial charge in [-0.3, -0.25) is 0 Å². The van der Waals surface area contributed by atoms with E-state index in [1.54, 1.807) is 20.4 Å². The Balaban J connectivity index is 1.65. The lowest BCUT2D eigenvalue weighted by molar-refractivity contribution is 0.208. The monoisotopic (exact) mass is 405 g/mol.